The molecule has 1 aromatic carbocycles. The number of anilines is 1. The molecule has 110 valence electrons. The average molecular weight is 328 g/mol. The van der Waals surface area contributed by atoms with E-state index in [1.54, 1.807) is 32.2 Å². The molecule has 1 aromatic heterocycles. The summed E-state index contributed by atoms with van der Waals surface area (Å²) in [6.45, 7) is 1.55. The first-order valence-corrected chi connectivity index (χ1v) is 6.58. The van der Waals surface area contributed by atoms with Crippen LogP contribution in [0.4, 0.5) is 11.5 Å². The molecule has 0 aliphatic heterocycles. The van der Waals surface area contributed by atoms with Crippen molar-refractivity contribution in [1.82, 2.24) is 9.78 Å². The second kappa shape index (κ2) is 6.11. The lowest BCUT2D eigenvalue weighted by Gasteiger charge is -2.02. The summed E-state index contributed by atoms with van der Waals surface area (Å²) in [5.74, 6) is 0.178. The molecular formula is C12H11Cl2N5O2. The molecule has 0 aliphatic carbocycles. The molecule has 0 saturated heterocycles. The first kappa shape index (κ1) is 15.3. The summed E-state index contributed by atoms with van der Waals surface area (Å²) in [6.07, 6.45) is 1.40. The molecular weight excluding hydrogens is 317 g/mol. The Kier molecular flexibility index (Phi) is 4.44. The van der Waals surface area contributed by atoms with Gasteiger partial charge in [-0.15, -0.1) is 0 Å². The van der Waals surface area contributed by atoms with Crippen molar-refractivity contribution >= 4 is 40.9 Å². The van der Waals surface area contributed by atoms with Crippen molar-refractivity contribution in [2.45, 2.75) is 6.92 Å². The van der Waals surface area contributed by atoms with Crippen LogP contribution in [0.1, 0.15) is 11.3 Å². The van der Waals surface area contributed by atoms with Crippen molar-refractivity contribution in [2.24, 2.45) is 12.1 Å². The third-order valence-corrected chi connectivity index (χ3v) is 3.40. The number of nitro groups is 1. The number of rotatable bonds is 4. The van der Waals surface area contributed by atoms with Crippen molar-refractivity contribution in [3.05, 3.63) is 49.6 Å². The highest BCUT2D eigenvalue weighted by Gasteiger charge is 2.23. The summed E-state index contributed by atoms with van der Waals surface area (Å²) in [5.41, 5.74) is 3.30. The number of nitrogens with zero attached hydrogens (tertiary/aromatic N) is 4. The number of hydrogen-bond donors (Lipinski definition) is 1. The van der Waals surface area contributed by atoms with E-state index in [-0.39, 0.29) is 11.5 Å². The summed E-state index contributed by atoms with van der Waals surface area (Å²) >= 11 is 12.0. The monoisotopic (exact) mass is 327 g/mol. The normalized spacial score (nSPS) is 11.0. The Labute approximate surface area is 130 Å². The van der Waals surface area contributed by atoms with Gasteiger partial charge in [0.25, 0.3) is 0 Å². The molecule has 0 spiro atoms. The Morgan fingerprint density at radius 2 is 2.05 bits per heavy atom. The molecule has 0 fully saturated rings. The minimum Gasteiger partial charge on any atom is -0.258 e. The Hall–Kier alpha value is -2.12. The largest absolute Gasteiger partial charge is 0.335 e. The zero-order valence-electron chi connectivity index (χ0n) is 11.2. The zero-order valence-corrected chi connectivity index (χ0v) is 12.7. The average Bonchev–Trinajstić information content (AvgIpc) is 2.67. The standard InChI is InChI=1S/C12H11Cl2N5O2/c1-7-11(19(20)21)12(18(2)17-7)16-15-6-8-9(13)4-3-5-10(8)14/h3-6,16H,1-2H3/b15-6+. The van der Waals surface area contributed by atoms with Crippen molar-refractivity contribution in [3.63, 3.8) is 0 Å². The highest BCUT2D eigenvalue weighted by atomic mass is 35.5. The summed E-state index contributed by atoms with van der Waals surface area (Å²) in [5, 5.41) is 19.8. The van der Waals surface area contributed by atoms with Crippen LogP contribution in [0.15, 0.2) is 23.3 Å². The van der Waals surface area contributed by atoms with Crippen LogP contribution < -0.4 is 5.43 Å². The summed E-state index contributed by atoms with van der Waals surface area (Å²) in [6, 6.07) is 5.06. The Balaban J connectivity index is 2.28. The van der Waals surface area contributed by atoms with E-state index in [1.165, 1.54) is 10.9 Å². The van der Waals surface area contributed by atoms with Gasteiger partial charge in [0.05, 0.1) is 21.2 Å². The van der Waals surface area contributed by atoms with E-state index in [0.717, 1.165) is 0 Å². The first-order valence-electron chi connectivity index (χ1n) is 5.83. The number of halogens is 2. The molecule has 0 bridgehead atoms. The third kappa shape index (κ3) is 3.14. The van der Waals surface area contributed by atoms with E-state index >= 15 is 0 Å². The Morgan fingerprint density at radius 1 is 1.43 bits per heavy atom. The highest BCUT2D eigenvalue weighted by molar-refractivity contribution is 6.38. The van der Waals surface area contributed by atoms with Gasteiger partial charge < -0.3 is 0 Å². The number of benzene rings is 1. The van der Waals surface area contributed by atoms with E-state index in [2.05, 4.69) is 15.6 Å². The summed E-state index contributed by atoms with van der Waals surface area (Å²) in [4.78, 5) is 10.5. The smallest absolute Gasteiger partial charge is 0.258 e. The van der Waals surface area contributed by atoms with Crippen LogP contribution in [-0.2, 0) is 7.05 Å². The maximum absolute atomic E-state index is 11.0. The van der Waals surface area contributed by atoms with Gasteiger partial charge in [0.2, 0.25) is 5.82 Å². The number of aromatic nitrogens is 2. The van der Waals surface area contributed by atoms with Gasteiger partial charge >= 0.3 is 5.69 Å². The van der Waals surface area contributed by atoms with Gasteiger partial charge in [-0.3, -0.25) is 15.5 Å². The van der Waals surface area contributed by atoms with Crippen LogP contribution in [0.25, 0.3) is 0 Å². The van der Waals surface area contributed by atoms with Crippen molar-refractivity contribution in [2.75, 3.05) is 5.43 Å². The number of nitrogens with one attached hydrogen (secondary N) is 1. The van der Waals surface area contributed by atoms with E-state index < -0.39 is 4.92 Å². The molecule has 1 heterocycles. The van der Waals surface area contributed by atoms with Crippen LogP contribution in [0.2, 0.25) is 10.0 Å². The molecule has 1 N–H and O–H groups in total. The number of hydrazone groups is 1. The molecule has 2 rings (SSSR count). The Bertz CT molecular complexity index is 706. The van der Waals surface area contributed by atoms with Gasteiger partial charge in [-0.05, 0) is 19.1 Å². The van der Waals surface area contributed by atoms with E-state index in [0.29, 0.717) is 21.3 Å². The fourth-order valence-corrected chi connectivity index (χ4v) is 2.28. The van der Waals surface area contributed by atoms with Crippen molar-refractivity contribution in [3.8, 4) is 0 Å². The molecule has 0 radical (unpaired) electrons. The van der Waals surface area contributed by atoms with Crippen LogP contribution in [-0.4, -0.2) is 20.9 Å². The van der Waals surface area contributed by atoms with Crippen LogP contribution in [0.3, 0.4) is 0 Å². The first-order chi connectivity index (χ1) is 9.91. The van der Waals surface area contributed by atoms with Gasteiger partial charge in [-0.25, -0.2) is 4.68 Å². The molecule has 0 amide bonds. The quantitative estimate of drug-likeness (QED) is 0.529. The lowest BCUT2D eigenvalue weighted by atomic mass is 10.2. The maximum Gasteiger partial charge on any atom is 0.335 e. The lowest BCUT2D eigenvalue weighted by molar-refractivity contribution is -0.384. The van der Waals surface area contributed by atoms with Gasteiger partial charge in [-0.2, -0.15) is 10.2 Å². The minimum absolute atomic E-state index is 0.125. The van der Waals surface area contributed by atoms with Gasteiger partial charge in [-0.1, -0.05) is 29.3 Å². The topological polar surface area (TPSA) is 85.3 Å². The third-order valence-electron chi connectivity index (χ3n) is 2.74. The molecule has 0 aliphatic rings. The zero-order chi connectivity index (χ0) is 15.6. The lowest BCUT2D eigenvalue weighted by Crippen LogP contribution is -2.01. The SMILES string of the molecule is Cc1nn(C)c(N/N=C/c2c(Cl)cccc2Cl)c1[N+](=O)[O-]. The van der Waals surface area contributed by atoms with Crippen LogP contribution in [0, 0.1) is 17.0 Å². The van der Waals surface area contributed by atoms with Gasteiger partial charge in [0.1, 0.15) is 5.69 Å². The van der Waals surface area contributed by atoms with Crippen LogP contribution >= 0.6 is 23.2 Å². The molecule has 2 aromatic rings. The van der Waals surface area contributed by atoms with E-state index in [1.807, 2.05) is 0 Å². The second-order valence-electron chi connectivity index (χ2n) is 4.17. The van der Waals surface area contributed by atoms with Gasteiger partial charge in [0, 0.05) is 12.6 Å². The molecule has 21 heavy (non-hydrogen) atoms. The van der Waals surface area contributed by atoms with Crippen molar-refractivity contribution in [1.29, 1.82) is 0 Å². The minimum atomic E-state index is -0.511. The van der Waals surface area contributed by atoms with E-state index in [9.17, 15) is 10.1 Å². The van der Waals surface area contributed by atoms with Crippen molar-refractivity contribution < 1.29 is 4.92 Å². The molecule has 9 heteroatoms. The predicted octanol–water partition coefficient (Wildman–Crippen LogP) is 3.39. The fourth-order valence-electron chi connectivity index (χ4n) is 1.78. The molecule has 0 saturated carbocycles. The second-order valence-corrected chi connectivity index (χ2v) is 4.98. The number of hydrogen-bond acceptors (Lipinski definition) is 5. The van der Waals surface area contributed by atoms with E-state index in [4.69, 9.17) is 23.2 Å². The van der Waals surface area contributed by atoms with Crippen LogP contribution in [0.5, 0.6) is 0 Å². The summed E-state index contributed by atoms with van der Waals surface area (Å²) in [7, 11) is 1.58. The van der Waals surface area contributed by atoms with Gasteiger partial charge in [0.15, 0.2) is 0 Å². The predicted molar refractivity (Wildman–Crippen MR) is 82.3 cm³/mol. The highest BCUT2D eigenvalue weighted by Crippen LogP contribution is 2.27. The summed E-state index contributed by atoms with van der Waals surface area (Å²) < 4.78 is 1.35. The Morgan fingerprint density at radius 3 is 2.62 bits per heavy atom. The number of aryl methyl sites for hydroxylation is 2. The fraction of sp³-hybridized carbons (Fsp3) is 0.167. The maximum atomic E-state index is 11.0. The molecule has 0 atom stereocenters. The molecule has 0 unspecified atom stereocenters. The molecule has 7 nitrogen and oxygen atoms in total.